The number of hydrogen-bond donors (Lipinski definition) is 1. The Balaban J connectivity index is 2.18. The SMILES string of the molecule is CCC(C)C(N=Cc1cc(Cl)c(OC(=O)/C=C/c2ccc(OC)cc2)c(OC)c1)C(=O)O. The molecule has 2 unspecified atom stereocenters. The highest BCUT2D eigenvalue weighted by Crippen LogP contribution is 2.36. The van der Waals surface area contributed by atoms with Gasteiger partial charge < -0.3 is 19.3 Å². The molecule has 0 radical (unpaired) electrons. The molecule has 8 heteroatoms. The Morgan fingerprint density at radius 2 is 1.81 bits per heavy atom. The molecule has 0 heterocycles. The molecule has 2 aromatic carbocycles. The average molecular weight is 460 g/mol. The molecule has 170 valence electrons. The van der Waals surface area contributed by atoms with Gasteiger partial charge in [-0.2, -0.15) is 0 Å². The lowest BCUT2D eigenvalue weighted by Crippen LogP contribution is -2.25. The maximum absolute atomic E-state index is 12.3. The summed E-state index contributed by atoms with van der Waals surface area (Å²) in [6, 6.07) is 9.38. The Labute approximate surface area is 192 Å². The number of hydrogen-bond acceptors (Lipinski definition) is 6. The highest BCUT2D eigenvalue weighted by molar-refractivity contribution is 6.32. The summed E-state index contributed by atoms with van der Waals surface area (Å²) < 4.78 is 15.8. The zero-order valence-electron chi connectivity index (χ0n) is 18.4. The largest absolute Gasteiger partial charge is 0.497 e. The van der Waals surface area contributed by atoms with Crippen LogP contribution in [0.1, 0.15) is 31.4 Å². The van der Waals surface area contributed by atoms with E-state index in [4.69, 9.17) is 25.8 Å². The first-order valence-electron chi connectivity index (χ1n) is 9.96. The van der Waals surface area contributed by atoms with Gasteiger partial charge >= 0.3 is 11.9 Å². The molecule has 0 aromatic heterocycles. The summed E-state index contributed by atoms with van der Waals surface area (Å²) >= 11 is 6.30. The zero-order valence-corrected chi connectivity index (χ0v) is 19.1. The molecule has 0 amide bonds. The lowest BCUT2D eigenvalue weighted by molar-refractivity contribution is -0.139. The Morgan fingerprint density at radius 3 is 2.38 bits per heavy atom. The number of ether oxygens (including phenoxy) is 3. The molecule has 0 aliphatic carbocycles. The smallest absolute Gasteiger partial charge is 0.336 e. The first kappa shape index (κ1) is 24.9. The van der Waals surface area contributed by atoms with E-state index in [1.54, 1.807) is 43.5 Å². The minimum Gasteiger partial charge on any atom is -0.497 e. The van der Waals surface area contributed by atoms with E-state index in [1.165, 1.54) is 25.5 Å². The maximum atomic E-state index is 12.3. The van der Waals surface area contributed by atoms with Crippen molar-refractivity contribution in [3.8, 4) is 17.2 Å². The molecule has 1 N–H and O–H groups in total. The molecule has 0 aliphatic heterocycles. The number of carbonyl (C=O) groups is 2. The van der Waals surface area contributed by atoms with Crippen LogP contribution < -0.4 is 14.2 Å². The molecule has 7 nitrogen and oxygen atoms in total. The first-order valence-corrected chi connectivity index (χ1v) is 10.3. The second kappa shape index (κ2) is 11.9. The van der Waals surface area contributed by atoms with Gasteiger partial charge in [0.2, 0.25) is 0 Å². The average Bonchev–Trinajstić information content (AvgIpc) is 2.79. The van der Waals surface area contributed by atoms with Gasteiger partial charge in [0, 0.05) is 12.3 Å². The summed E-state index contributed by atoms with van der Waals surface area (Å²) in [5, 5.41) is 9.51. The number of nitrogens with zero attached hydrogens (tertiary/aromatic N) is 1. The molecule has 2 rings (SSSR count). The molecule has 0 saturated carbocycles. The number of aliphatic carboxylic acids is 1. The zero-order chi connectivity index (χ0) is 23.7. The number of benzene rings is 2. The minimum absolute atomic E-state index is 0.0624. The highest BCUT2D eigenvalue weighted by Gasteiger charge is 2.22. The minimum atomic E-state index is -0.997. The third kappa shape index (κ3) is 6.85. The Hall–Kier alpha value is -3.32. The van der Waals surface area contributed by atoms with Crippen molar-refractivity contribution in [2.24, 2.45) is 10.9 Å². The van der Waals surface area contributed by atoms with E-state index >= 15 is 0 Å². The number of rotatable bonds is 10. The second-order valence-electron chi connectivity index (χ2n) is 7.01. The summed E-state index contributed by atoms with van der Waals surface area (Å²) in [6.45, 7) is 3.73. The van der Waals surface area contributed by atoms with Crippen molar-refractivity contribution < 1.29 is 28.9 Å². The summed E-state index contributed by atoms with van der Waals surface area (Å²) in [6.07, 6.45) is 4.98. The maximum Gasteiger partial charge on any atom is 0.336 e. The van der Waals surface area contributed by atoms with Gasteiger partial charge in [-0.1, -0.05) is 44.0 Å². The molecule has 32 heavy (non-hydrogen) atoms. The third-order valence-electron chi connectivity index (χ3n) is 4.80. The summed E-state index contributed by atoms with van der Waals surface area (Å²) in [5.41, 5.74) is 1.32. The Bertz CT molecular complexity index is 1000. The number of carboxylic acids is 1. The van der Waals surface area contributed by atoms with Crippen molar-refractivity contribution in [3.63, 3.8) is 0 Å². The van der Waals surface area contributed by atoms with Crippen molar-refractivity contribution in [3.05, 3.63) is 58.6 Å². The van der Waals surface area contributed by atoms with Crippen LogP contribution in [0.25, 0.3) is 6.08 Å². The second-order valence-corrected chi connectivity index (χ2v) is 7.42. The fourth-order valence-corrected chi connectivity index (χ4v) is 3.03. The van der Waals surface area contributed by atoms with Crippen LogP contribution in [0, 0.1) is 5.92 Å². The highest BCUT2D eigenvalue weighted by atomic mass is 35.5. The predicted molar refractivity (Wildman–Crippen MR) is 124 cm³/mol. The van der Waals surface area contributed by atoms with Gasteiger partial charge in [-0.25, -0.2) is 9.59 Å². The number of carbonyl (C=O) groups excluding carboxylic acids is 1. The van der Waals surface area contributed by atoms with Crippen LogP contribution in [0.2, 0.25) is 5.02 Å². The number of esters is 1. The van der Waals surface area contributed by atoms with E-state index in [1.807, 2.05) is 13.8 Å². The molecule has 2 atom stereocenters. The van der Waals surface area contributed by atoms with Crippen molar-refractivity contribution in [1.29, 1.82) is 0 Å². The Kier molecular flexibility index (Phi) is 9.28. The lowest BCUT2D eigenvalue weighted by atomic mass is 10.00. The van der Waals surface area contributed by atoms with Crippen LogP contribution in [-0.2, 0) is 9.59 Å². The van der Waals surface area contributed by atoms with Gasteiger partial charge in [0.25, 0.3) is 0 Å². The third-order valence-corrected chi connectivity index (χ3v) is 5.08. The monoisotopic (exact) mass is 459 g/mol. The van der Waals surface area contributed by atoms with E-state index in [0.717, 1.165) is 5.56 Å². The summed E-state index contributed by atoms with van der Waals surface area (Å²) in [4.78, 5) is 27.9. The van der Waals surface area contributed by atoms with Crippen LogP contribution >= 0.6 is 11.6 Å². The van der Waals surface area contributed by atoms with Gasteiger partial charge in [0.15, 0.2) is 11.5 Å². The van der Waals surface area contributed by atoms with Crippen LogP contribution in [-0.4, -0.2) is 43.5 Å². The van der Waals surface area contributed by atoms with Crippen molar-refractivity contribution in [2.75, 3.05) is 14.2 Å². The topological polar surface area (TPSA) is 94.4 Å². The molecule has 0 saturated heterocycles. The van der Waals surface area contributed by atoms with Gasteiger partial charge in [0.1, 0.15) is 11.8 Å². The van der Waals surface area contributed by atoms with E-state index < -0.39 is 18.0 Å². The number of carboxylic acid groups (broad SMARTS) is 1. The molecular weight excluding hydrogens is 434 g/mol. The van der Waals surface area contributed by atoms with E-state index in [0.29, 0.717) is 17.7 Å². The number of aliphatic imine (C=N–C) groups is 1. The van der Waals surface area contributed by atoms with Crippen LogP contribution in [0.3, 0.4) is 0 Å². The molecule has 0 aliphatic rings. The fraction of sp³-hybridized carbons (Fsp3) is 0.292. The van der Waals surface area contributed by atoms with E-state index in [-0.39, 0.29) is 22.4 Å². The predicted octanol–water partition coefficient (Wildman–Crippen LogP) is 4.89. The molecule has 0 spiro atoms. The molecule has 2 aromatic rings. The van der Waals surface area contributed by atoms with Gasteiger partial charge in [-0.15, -0.1) is 0 Å². The Morgan fingerprint density at radius 1 is 1.12 bits per heavy atom. The number of methoxy groups -OCH3 is 2. The van der Waals surface area contributed by atoms with Gasteiger partial charge in [-0.3, -0.25) is 4.99 Å². The van der Waals surface area contributed by atoms with Gasteiger partial charge in [0.05, 0.1) is 19.2 Å². The van der Waals surface area contributed by atoms with Crippen LogP contribution in [0.15, 0.2) is 47.5 Å². The molecular formula is C24H26ClNO6. The summed E-state index contributed by atoms with van der Waals surface area (Å²) in [5.74, 6) is -0.761. The van der Waals surface area contributed by atoms with Crippen molar-refractivity contribution in [1.82, 2.24) is 0 Å². The molecule has 0 bridgehead atoms. The van der Waals surface area contributed by atoms with Crippen LogP contribution in [0.5, 0.6) is 17.2 Å². The van der Waals surface area contributed by atoms with Gasteiger partial charge in [-0.05, 0) is 47.4 Å². The normalized spacial score (nSPS) is 13.2. The van der Waals surface area contributed by atoms with Crippen molar-refractivity contribution in [2.45, 2.75) is 26.3 Å². The van der Waals surface area contributed by atoms with E-state index in [2.05, 4.69) is 4.99 Å². The summed E-state index contributed by atoms with van der Waals surface area (Å²) in [7, 11) is 2.99. The quantitative estimate of drug-likeness (QED) is 0.235. The fourth-order valence-electron chi connectivity index (χ4n) is 2.77. The van der Waals surface area contributed by atoms with Crippen LogP contribution in [0.4, 0.5) is 0 Å². The van der Waals surface area contributed by atoms with E-state index in [9.17, 15) is 14.7 Å². The lowest BCUT2D eigenvalue weighted by Gasteiger charge is -2.14. The number of halogens is 1. The first-order chi connectivity index (χ1) is 15.3. The molecule has 0 fully saturated rings. The van der Waals surface area contributed by atoms with Crippen molar-refractivity contribution >= 4 is 35.8 Å². The standard InChI is InChI=1S/C24H26ClNO6/c1-5-15(2)22(24(28)29)26-14-17-12-19(25)23(20(13-17)31-4)32-21(27)11-8-16-6-9-18(30-3)10-7-16/h6-15,22H,5H2,1-4H3,(H,28,29)/b11-8+,26-14?.